The number of hydrogen-bond acceptors (Lipinski definition) is 2. The van der Waals surface area contributed by atoms with Gasteiger partial charge in [-0.05, 0) is 43.3 Å². The molecule has 1 nitrogen and oxygen atoms in total. The Morgan fingerprint density at radius 2 is 1.85 bits per heavy atom. The summed E-state index contributed by atoms with van der Waals surface area (Å²) in [7, 11) is 1.99. The molecule has 0 saturated carbocycles. The second-order valence-corrected chi connectivity index (χ2v) is 6.39. The molecule has 0 aliphatic rings. The lowest BCUT2D eigenvalue weighted by Gasteiger charge is -2.18. The molecule has 0 aliphatic carbocycles. The molecule has 106 valence electrons. The maximum atomic E-state index is 6.25. The lowest BCUT2D eigenvalue weighted by atomic mass is 10.1. The van der Waals surface area contributed by atoms with Gasteiger partial charge in [-0.2, -0.15) is 0 Å². The van der Waals surface area contributed by atoms with E-state index < -0.39 is 0 Å². The Kier molecular flexibility index (Phi) is 5.79. The molecule has 2 aromatic carbocycles. The first kappa shape index (κ1) is 15.7. The lowest BCUT2D eigenvalue weighted by molar-refractivity contribution is 0.568. The van der Waals surface area contributed by atoms with Gasteiger partial charge in [-0.3, -0.25) is 0 Å². The Balaban J connectivity index is 2.36. The number of halogens is 2. The van der Waals surface area contributed by atoms with E-state index in [2.05, 4.69) is 30.4 Å². The summed E-state index contributed by atoms with van der Waals surface area (Å²) in [6.45, 7) is 2.18. The van der Waals surface area contributed by atoms with Crippen LogP contribution < -0.4 is 5.32 Å². The van der Waals surface area contributed by atoms with Crippen LogP contribution in [-0.4, -0.2) is 7.05 Å². The third-order valence-corrected chi connectivity index (χ3v) is 4.99. The highest BCUT2D eigenvalue weighted by molar-refractivity contribution is 7.99. The largest absolute Gasteiger partial charge is 0.313 e. The predicted molar refractivity (Wildman–Crippen MR) is 89.1 cm³/mol. The molecule has 0 radical (unpaired) electrons. The maximum Gasteiger partial charge on any atom is 0.0546 e. The average molecular weight is 326 g/mol. The molecular weight excluding hydrogens is 309 g/mol. The molecule has 1 unspecified atom stereocenters. The summed E-state index contributed by atoms with van der Waals surface area (Å²) in [6, 6.07) is 14.3. The Bertz CT molecular complexity index is 582. The van der Waals surface area contributed by atoms with Crippen molar-refractivity contribution in [1.29, 1.82) is 0 Å². The maximum absolute atomic E-state index is 6.25. The summed E-state index contributed by atoms with van der Waals surface area (Å²) in [4.78, 5) is 2.19. The predicted octanol–water partition coefficient (Wildman–Crippen LogP) is 5.82. The normalized spacial score (nSPS) is 12.4. The van der Waals surface area contributed by atoms with Gasteiger partial charge in [0.25, 0.3) is 0 Å². The van der Waals surface area contributed by atoms with Gasteiger partial charge in [0.15, 0.2) is 0 Å². The van der Waals surface area contributed by atoms with Crippen molar-refractivity contribution < 1.29 is 0 Å². The van der Waals surface area contributed by atoms with Crippen molar-refractivity contribution in [1.82, 2.24) is 5.32 Å². The smallest absolute Gasteiger partial charge is 0.0546 e. The first-order valence-corrected chi connectivity index (χ1v) is 8.12. The molecule has 1 N–H and O–H groups in total. The second-order valence-electron chi connectivity index (χ2n) is 4.46. The number of nitrogens with one attached hydrogen (secondary N) is 1. The van der Waals surface area contributed by atoms with E-state index in [1.165, 1.54) is 10.5 Å². The summed E-state index contributed by atoms with van der Waals surface area (Å²) in [6.07, 6.45) is 1.04. The van der Waals surface area contributed by atoms with Crippen molar-refractivity contribution in [2.75, 3.05) is 7.05 Å². The molecule has 2 aromatic rings. The van der Waals surface area contributed by atoms with E-state index in [9.17, 15) is 0 Å². The highest BCUT2D eigenvalue weighted by atomic mass is 35.5. The van der Waals surface area contributed by atoms with E-state index in [0.29, 0.717) is 11.1 Å². The standard InChI is InChI=1S/C16H17Cl2NS/c1-3-14(19-2)12-6-4-5-7-15(12)20-16-10-11(17)8-9-13(16)18/h4-10,14,19H,3H2,1-2H3. The van der Waals surface area contributed by atoms with Gasteiger partial charge in [-0.15, -0.1) is 0 Å². The third kappa shape index (κ3) is 3.70. The van der Waals surface area contributed by atoms with Crippen molar-refractivity contribution in [2.24, 2.45) is 0 Å². The molecule has 20 heavy (non-hydrogen) atoms. The van der Waals surface area contributed by atoms with E-state index >= 15 is 0 Å². The van der Waals surface area contributed by atoms with Gasteiger partial charge < -0.3 is 5.32 Å². The zero-order valence-electron chi connectivity index (χ0n) is 11.5. The van der Waals surface area contributed by atoms with Gasteiger partial charge >= 0.3 is 0 Å². The van der Waals surface area contributed by atoms with Crippen LogP contribution in [-0.2, 0) is 0 Å². The van der Waals surface area contributed by atoms with Crippen LogP contribution in [0.4, 0.5) is 0 Å². The van der Waals surface area contributed by atoms with Gasteiger partial charge in [0, 0.05) is 20.9 Å². The first-order valence-electron chi connectivity index (χ1n) is 6.54. The summed E-state index contributed by atoms with van der Waals surface area (Å²) < 4.78 is 0. The van der Waals surface area contributed by atoms with Crippen LogP contribution in [0.15, 0.2) is 52.3 Å². The first-order chi connectivity index (χ1) is 9.65. The monoisotopic (exact) mass is 325 g/mol. The highest BCUT2D eigenvalue weighted by Gasteiger charge is 2.13. The topological polar surface area (TPSA) is 12.0 Å². The van der Waals surface area contributed by atoms with Gasteiger partial charge in [-0.25, -0.2) is 0 Å². The minimum Gasteiger partial charge on any atom is -0.313 e. The Hall–Kier alpha value is -0.670. The van der Waals surface area contributed by atoms with Crippen molar-refractivity contribution in [3.05, 3.63) is 58.1 Å². The Labute approximate surface area is 134 Å². The summed E-state index contributed by atoms with van der Waals surface area (Å²) in [5, 5.41) is 4.78. The molecular formula is C16H17Cl2NS. The molecule has 0 aliphatic heterocycles. The zero-order chi connectivity index (χ0) is 14.5. The lowest BCUT2D eigenvalue weighted by Crippen LogP contribution is -2.15. The van der Waals surface area contributed by atoms with Gasteiger partial charge in [-0.1, -0.05) is 60.1 Å². The van der Waals surface area contributed by atoms with Crippen LogP contribution in [0.5, 0.6) is 0 Å². The summed E-state index contributed by atoms with van der Waals surface area (Å²) in [5.74, 6) is 0. The van der Waals surface area contributed by atoms with Crippen LogP contribution in [0, 0.1) is 0 Å². The van der Waals surface area contributed by atoms with E-state index in [1.54, 1.807) is 11.8 Å². The van der Waals surface area contributed by atoms with E-state index in [1.807, 2.05) is 31.3 Å². The van der Waals surface area contributed by atoms with Crippen LogP contribution in [0.2, 0.25) is 10.0 Å². The average Bonchev–Trinajstić information content (AvgIpc) is 2.46. The van der Waals surface area contributed by atoms with Crippen LogP contribution in [0.1, 0.15) is 24.9 Å². The number of hydrogen-bond donors (Lipinski definition) is 1. The highest BCUT2D eigenvalue weighted by Crippen LogP contribution is 2.38. The minimum absolute atomic E-state index is 0.344. The fraction of sp³-hybridized carbons (Fsp3) is 0.250. The number of benzene rings is 2. The summed E-state index contributed by atoms with van der Waals surface area (Å²) >= 11 is 14.0. The Morgan fingerprint density at radius 3 is 2.55 bits per heavy atom. The molecule has 0 aromatic heterocycles. The molecule has 1 atom stereocenters. The quantitative estimate of drug-likeness (QED) is 0.743. The van der Waals surface area contributed by atoms with Gasteiger partial charge in [0.2, 0.25) is 0 Å². The summed E-state index contributed by atoms with van der Waals surface area (Å²) in [5.41, 5.74) is 1.29. The second kappa shape index (κ2) is 7.37. The van der Waals surface area contributed by atoms with E-state index in [4.69, 9.17) is 23.2 Å². The zero-order valence-corrected chi connectivity index (χ0v) is 13.8. The molecule has 0 heterocycles. The third-order valence-electron chi connectivity index (χ3n) is 3.16. The van der Waals surface area contributed by atoms with E-state index in [-0.39, 0.29) is 0 Å². The molecule has 0 bridgehead atoms. The number of rotatable bonds is 5. The van der Waals surface area contributed by atoms with Crippen LogP contribution in [0.25, 0.3) is 0 Å². The van der Waals surface area contributed by atoms with E-state index in [0.717, 1.165) is 16.3 Å². The molecule has 0 amide bonds. The molecule has 4 heteroatoms. The van der Waals surface area contributed by atoms with Crippen LogP contribution in [0.3, 0.4) is 0 Å². The van der Waals surface area contributed by atoms with Gasteiger partial charge in [0.1, 0.15) is 0 Å². The van der Waals surface area contributed by atoms with Crippen molar-refractivity contribution in [3.63, 3.8) is 0 Å². The van der Waals surface area contributed by atoms with Crippen molar-refractivity contribution in [3.8, 4) is 0 Å². The van der Waals surface area contributed by atoms with Crippen molar-refractivity contribution >= 4 is 35.0 Å². The fourth-order valence-electron chi connectivity index (χ4n) is 2.11. The Morgan fingerprint density at radius 1 is 1.10 bits per heavy atom. The minimum atomic E-state index is 0.344. The molecule has 0 spiro atoms. The van der Waals surface area contributed by atoms with Crippen LogP contribution >= 0.6 is 35.0 Å². The molecule has 0 fully saturated rings. The fourth-order valence-corrected chi connectivity index (χ4v) is 3.65. The molecule has 0 saturated heterocycles. The SMILES string of the molecule is CCC(NC)c1ccccc1Sc1cc(Cl)ccc1Cl. The molecule has 2 rings (SSSR count). The van der Waals surface area contributed by atoms with Gasteiger partial charge in [0.05, 0.1) is 5.02 Å². The van der Waals surface area contributed by atoms with Crippen molar-refractivity contribution in [2.45, 2.75) is 29.2 Å².